The highest BCUT2D eigenvalue weighted by Crippen LogP contribution is 2.38. The van der Waals surface area contributed by atoms with Gasteiger partial charge in [-0.25, -0.2) is 4.79 Å². The molecule has 0 aromatic carbocycles. The quantitative estimate of drug-likeness (QED) is 0.668. The SMILES string of the molecule is CCC(CC)(CNC(=O)NC1CCOC1C1CC1)C(=O)O. The number of carboxylic acid groups (broad SMARTS) is 1. The van der Waals surface area contributed by atoms with Crippen molar-refractivity contribution in [2.45, 2.75) is 58.1 Å². The first-order valence-corrected chi connectivity index (χ1v) is 7.91. The lowest BCUT2D eigenvalue weighted by atomic mass is 9.82. The third-order valence-electron chi connectivity index (χ3n) is 4.93. The van der Waals surface area contributed by atoms with E-state index in [0.717, 1.165) is 6.42 Å². The molecule has 120 valence electrons. The summed E-state index contributed by atoms with van der Waals surface area (Å²) in [6.07, 6.45) is 4.32. The fraction of sp³-hybridized carbons (Fsp3) is 0.867. The van der Waals surface area contributed by atoms with Gasteiger partial charge in [-0.15, -0.1) is 0 Å². The molecular weight excluding hydrogens is 272 g/mol. The number of nitrogens with one attached hydrogen (secondary N) is 2. The molecule has 3 N–H and O–H groups in total. The van der Waals surface area contributed by atoms with Crippen LogP contribution in [0.5, 0.6) is 0 Å². The van der Waals surface area contributed by atoms with Crippen LogP contribution in [0.25, 0.3) is 0 Å². The Kier molecular flexibility index (Phi) is 5.08. The molecule has 1 heterocycles. The molecule has 0 radical (unpaired) electrons. The lowest BCUT2D eigenvalue weighted by molar-refractivity contribution is -0.149. The predicted octanol–water partition coefficient (Wildman–Crippen LogP) is 1.74. The van der Waals surface area contributed by atoms with E-state index in [0.29, 0.717) is 25.4 Å². The Morgan fingerprint density at radius 3 is 2.43 bits per heavy atom. The Hall–Kier alpha value is -1.30. The molecule has 2 amide bonds. The number of aliphatic carboxylic acids is 1. The zero-order valence-electron chi connectivity index (χ0n) is 12.9. The van der Waals surface area contributed by atoms with E-state index in [1.807, 2.05) is 13.8 Å². The maximum atomic E-state index is 12.0. The minimum absolute atomic E-state index is 0.0555. The number of carboxylic acids is 1. The normalized spacial score (nSPS) is 25.6. The van der Waals surface area contributed by atoms with Crippen molar-refractivity contribution in [1.29, 1.82) is 0 Å². The number of amides is 2. The number of rotatable bonds is 7. The first kappa shape index (κ1) is 16.1. The molecular formula is C15H26N2O4. The molecule has 1 saturated carbocycles. The maximum absolute atomic E-state index is 12.0. The number of ether oxygens (including phenoxy) is 1. The van der Waals surface area contributed by atoms with Crippen molar-refractivity contribution in [3.8, 4) is 0 Å². The van der Waals surface area contributed by atoms with Gasteiger partial charge in [0.25, 0.3) is 0 Å². The van der Waals surface area contributed by atoms with Crippen molar-refractivity contribution in [2.24, 2.45) is 11.3 Å². The second-order valence-electron chi connectivity index (χ2n) is 6.19. The summed E-state index contributed by atoms with van der Waals surface area (Å²) in [7, 11) is 0. The first-order valence-electron chi connectivity index (χ1n) is 7.91. The lowest BCUT2D eigenvalue weighted by Gasteiger charge is -2.27. The van der Waals surface area contributed by atoms with E-state index < -0.39 is 11.4 Å². The third-order valence-corrected chi connectivity index (χ3v) is 4.93. The average molecular weight is 298 g/mol. The van der Waals surface area contributed by atoms with Gasteiger partial charge in [0, 0.05) is 13.2 Å². The molecule has 0 aromatic rings. The number of carbonyl (C=O) groups excluding carboxylic acids is 1. The topological polar surface area (TPSA) is 87.7 Å². The summed E-state index contributed by atoms with van der Waals surface area (Å²) in [5.41, 5.74) is -0.876. The zero-order chi connectivity index (χ0) is 15.5. The van der Waals surface area contributed by atoms with Crippen LogP contribution in [0.4, 0.5) is 4.79 Å². The van der Waals surface area contributed by atoms with Crippen LogP contribution in [0.3, 0.4) is 0 Å². The molecule has 0 aromatic heterocycles. The fourth-order valence-corrected chi connectivity index (χ4v) is 3.00. The molecule has 0 spiro atoms. The van der Waals surface area contributed by atoms with Gasteiger partial charge in [-0.05, 0) is 38.0 Å². The summed E-state index contributed by atoms with van der Waals surface area (Å²) in [6, 6.07) is -0.233. The second-order valence-corrected chi connectivity index (χ2v) is 6.19. The summed E-state index contributed by atoms with van der Waals surface area (Å²) in [4.78, 5) is 23.4. The van der Waals surface area contributed by atoms with Crippen LogP contribution in [-0.4, -0.2) is 42.4 Å². The Morgan fingerprint density at radius 2 is 1.90 bits per heavy atom. The minimum atomic E-state index is -0.876. The van der Waals surface area contributed by atoms with Gasteiger partial charge in [-0.1, -0.05) is 13.8 Å². The van der Waals surface area contributed by atoms with Gasteiger partial charge in [0.15, 0.2) is 0 Å². The van der Waals surface area contributed by atoms with Crippen LogP contribution in [0.2, 0.25) is 0 Å². The zero-order valence-corrected chi connectivity index (χ0v) is 12.9. The maximum Gasteiger partial charge on any atom is 0.315 e. The highest BCUT2D eigenvalue weighted by Gasteiger charge is 2.41. The van der Waals surface area contributed by atoms with Gasteiger partial charge in [-0.3, -0.25) is 4.79 Å². The standard InChI is InChI=1S/C15H26N2O4/c1-3-15(4-2,13(18)19)9-16-14(20)17-11-7-8-21-12(11)10-5-6-10/h10-12H,3-9H2,1-2H3,(H,18,19)(H2,16,17,20). The molecule has 2 aliphatic rings. The first-order chi connectivity index (χ1) is 10.0. The van der Waals surface area contributed by atoms with Crippen molar-refractivity contribution >= 4 is 12.0 Å². The van der Waals surface area contributed by atoms with Crippen LogP contribution >= 0.6 is 0 Å². The molecule has 6 heteroatoms. The van der Waals surface area contributed by atoms with E-state index in [2.05, 4.69) is 10.6 Å². The molecule has 2 fully saturated rings. The minimum Gasteiger partial charge on any atom is -0.481 e. The molecule has 1 aliphatic heterocycles. The van der Waals surface area contributed by atoms with Crippen molar-refractivity contribution in [1.82, 2.24) is 10.6 Å². The summed E-state index contributed by atoms with van der Waals surface area (Å²) >= 11 is 0. The molecule has 1 aliphatic carbocycles. The average Bonchev–Trinajstić information content (AvgIpc) is 3.21. The molecule has 2 rings (SSSR count). The van der Waals surface area contributed by atoms with Gasteiger partial charge in [0.1, 0.15) is 0 Å². The van der Waals surface area contributed by atoms with Crippen molar-refractivity contribution in [3.63, 3.8) is 0 Å². The van der Waals surface area contributed by atoms with Crippen LogP contribution in [0, 0.1) is 11.3 Å². The molecule has 1 saturated heterocycles. The molecule has 2 unspecified atom stereocenters. The Morgan fingerprint density at radius 1 is 1.24 bits per heavy atom. The number of carbonyl (C=O) groups is 2. The lowest BCUT2D eigenvalue weighted by Crippen LogP contribution is -2.50. The smallest absolute Gasteiger partial charge is 0.315 e. The Bertz CT molecular complexity index is 391. The fourth-order valence-electron chi connectivity index (χ4n) is 3.00. The number of hydrogen-bond acceptors (Lipinski definition) is 3. The number of urea groups is 1. The molecule has 2 atom stereocenters. The van der Waals surface area contributed by atoms with E-state index in [1.165, 1.54) is 12.8 Å². The Labute approximate surface area is 125 Å². The van der Waals surface area contributed by atoms with E-state index in [1.54, 1.807) is 0 Å². The van der Waals surface area contributed by atoms with Crippen molar-refractivity contribution in [2.75, 3.05) is 13.2 Å². The largest absolute Gasteiger partial charge is 0.481 e. The predicted molar refractivity (Wildman–Crippen MR) is 78.1 cm³/mol. The van der Waals surface area contributed by atoms with Gasteiger partial charge in [0.05, 0.1) is 17.6 Å². The van der Waals surface area contributed by atoms with Gasteiger partial charge >= 0.3 is 12.0 Å². The van der Waals surface area contributed by atoms with E-state index >= 15 is 0 Å². The monoisotopic (exact) mass is 298 g/mol. The summed E-state index contributed by atoms with van der Waals surface area (Å²) in [5, 5.41) is 15.0. The highest BCUT2D eigenvalue weighted by atomic mass is 16.5. The van der Waals surface area contributed by atoms with Gasteiger partial charge in [-0.2, -0.15) is 0 Å². The highest BCUT2D eigenvalue weighted by molar-refractivity contribution is 5.78. The summed E-state index contributed by atoms with van der Waals surface area (Å²) < 4.78 is 5.68. The van der Waals surface area contributed by atoms with E-state index in [-0.39, 0.29) is 24.7 Å². The van der Waals surface area contributed by atoms with Crippen LogP contribution < -0.4 is 10.6 Å². The van der Waals surface area contributed by atoms with Crippen molar-refractivity contribution < 1.29 is 19.4 Å². The van der Waals surface area contributed by atoms with E-state index in [9.17, 15) is 14.7 Å². The van der Waals surface area contributed by atoms with E-state index in [4.69, 9.17) is 4.74 Å². The van der Waals surface area contributed by atoms with Gasteiger partial charge in [0.2, 0.25) is 0 Å². The van der Waals surface area contributed by atoms with Crippen molar-refractivity contribution in [3.05, 3.63) is 0 Å². The third kappa shape index (κ3) is 3.67. The molecule has 21 heavy (non-hydrogen) atoms. The Balaban J connectivity index is 1.82. The second kappa shape index (κ2) is 6.64. The van der Waals surface area contributed by atoms with Crippen LogP contribution in [0.1, 0.15) is 46.0 Å². The number of hydrogen-bond donors (Lipinski definition) is 3. The van der Waals surface area contributed by atoms with Gasteiger partial charge < -0.3 is 20.5 Å². The summed E-state index contributed by atoms with van der Waals surface area (Å²) in [5.74, 6) is -0.268. The molecule has 6 nitrogen and oxygen atoms in total. The molecule has 0 bridgehead atoms. The summed E-state index contributed by atoms with van der Waals surface area (Å²) in [6.45, 7) is 4.52. The van der Waals surface area contributed by atoms with Crippen LogP contribution in [-0.2, 0) is 9.53 Å². The van der Waals surface area contributed by atoms with Crippen LogP contribution in [0.15, 0.2) is 0 Å².